The molecule has 2 aromatic rings. The van der Waals surface area contributed by atoms with Crippen molar-refractivity contribution in [2.75, 3.05) is 32.1 Å². The molecule has 0 amide bonds. The van der Waals surface area contributed by atoms with Crippen LogP contribution in [0.4, 0.5) is 5.69 Å². The predicted molar refractivity (Wildman–Crippen MR) is 101 cm³/mol. The molecule has 0 saturated carbocycles. The quantitative estimate of drug-likeness (QED) is 0.483. The Morgan fingerprint density at radius 3 is 2.44 bits per heavy atom. The molecule has 5 heteroatoms. The van der Waals surface area contributed by atoms with Crippen LogP contribution in [-0.2, 0) is 0 Å². The number of rotatable bonds is 6. The van der Waals surface area contributed by atoms with Crippen LogP contribution in [0.3, 0.4) is 0 Å². The Morgan fingerprint density at radius 2 is 1.80 bits per heavy atom. The van der Waals surface area contributed by atoms with E-state index in [1.807, 2.05) is 61.5 Å². The van der Waals surface area contributed by atoms with Gasteiger partial charge in [-0.15, -0.1) is 0 Å². The summed E-state index contributed by atoms with van der Waals surface area (Å²) in [4.78, 5) is 2.04. The zero-order valence-electron chi connectivity index (χ0n) is 14.3. The van der Waals surface area contributed by atoms with Gasteiger partial charge >= 0.3 is 0 Å². The van der Waals surface area contributed by atoms with Gasteiger partial charge in [-0.1, -0.05) is 18.2 Å². The molecule has 0 aliphatic carbocycles. The summed E-state index contributed by atoms with van der Waals surface area (Å²) in [6, 6.07) is 15.9. The van der Waals surface area contributed by atoms with Crippen molar-refractivity contribution in [2.24, 2.45) is 0 Å². The molecule has 0 atom stereocenters. The number of allylic oxidation sites excluding steroid dienone is 3. The highest BCUT2D eigenvalue weighted by atomic mass is 16.3. The number of benzene rings is 2. The number of nitrogens with one attached hydrogen (secondary N) is 1. The van der Waals surface area contributed by atoms with Gasteiger partial charge in [0.15, 0.2) is 0 Å². The third-order valence-corrected chi connectivity index (χ3v) is 3.77. The highest BCUT2D eigenvalue weighted by Gasteiger charge is 2.08. The molecule has 0 aromatic heterocycles. The monoisotopic (exact) mass is 332 g/mol. The first-order valence-corrected chi connectivity index (χ1v) is 7.87. The van der Waals surface area contributed by atoms with Crippen LogP contribution in [0.5, 0.6) is 0 Å². The molecule has 5 nitrogen and oxygen atoms in total. The Balaban J connectivity index is 2.49. The lowest BCUT2D eigenvalue weighted by atomic mass is 9.97. The topological polar surface area (TPSA) is 83.1 Å². The molecule has 0 heterocycles. The number of hydrogen-bond acceptors (Lipinski definition) is 5. The number of aliphatic hydroxyl groups excluding tert-OH is 1. The van der Waals surface area contributed by atoms with Crippen LogP contribution in [-0.4, -0.2) is 32.4 Å². The second-order valence-corrected chi connectivity index (χ2v) is 5.66. The fourth-order valence-corrected chi connectivity index (χ4v) is 2.44. The van der Waals surface area contributed by atoms with Crippen LogP contribution in [0.25, 0.3) is 16.3 Å². The van der Waals surface area contributed by atoms with E-state index in [4.69, 9.17) is 5.11 Å². The molecule has 0 spiro atoms. The second-order valence-electron chi connectivity index (χ2n) is 5.66. The molecule has 0 aliphatic heterocycles. The highest BCUT2D eigenvalue weighted by molar-refractivity contribution is 5.91. The first-order valence-electron chi connectivity index (χ1n) is 7.87. The Kier molecular flexibility index (Phi) is 6.17. The maximum absolute atomic E-state index is 9.24. The van der Waals surface area contributed by atoms with Crippen molar-refractivity contribution >= 4 is 22.0 Å². The van der Waals surface area contributed by atoms with Gasteiger partial charge in [0, 0.05) is 31.9 Å². The van der Waals surface area contributed by atoms with Gasteiger partial charge in [0.25, 0.3) is 0 Å². The normalized spacial score (nSPS) is 10.3. The van der Waals surface area contributed by atoms with Crippen molar-refractivity contribution in [1.82, 2.24) is 5.32 Å². The van der Waals surface area contributed by atoms with E-state index in [1.165, 1.54) is 0 Å². The van der Waals surface area contributed by atoms with Crippen molar-refractivity contribution in [1.29, 1.82) is 10.5 Å². The van der Waals surface area contributed by atoms with Crippen molar-refractivity contribution < 1.29 is 5.11 Å². The van der Waals surface area contributed by atoms with Crippen LogP contribution in [0, 0.1) is 22.7 Å². The summed E-state index contributed by atoms with van der Waals surface area (Å²) in [6.45, 7) is 0.417. The summed E-state index contributed by atoms with van der Waals surface area (Å²) in [7, 11) is 3.99. The lowest BCUT2D eigenvalue weighted by Crippen LogP contribution is -2.10. The van der Waals surface area contributed by atoms with Crippen LogP contribution in [0.2, 0.25) is 0 Å². The van der Waals surface area contributed by atoms with Crippen LogP contribution in [0.1, 0.15) is 5.56 Å². The summed E-state index contributed by atoms with van der Waals surface area (Å²) >= 11 is 0. The minimum Gasteiger partial charge on any atom is -0.395 e. The minimum absolute atomic E-state index is 0.0108. The van der Waals surface area contributed by atoms with Crippen LogP contribution in [0.15, 0.2) is 54.2 Å². The van der Waals surface area contributed by atoms with Gasteiger partial charge < -0.3 is 15.3 Å². The Labute approximate surface area is 147 Å². The van der Waals surface area contributed by atoms with Gasteiger partial charge in [-0.25, -0.2) is 0 Å². The third kappa shape index (κ3) is 4.38. The SMILES string of the molecule is CN(C)c1ccc2cc(C(C=CNCCO)=C(C#N)C#N)ccc2c1. The molecule has 0 fully saturated rings. The van der Waals surface area contributed by atoms with E-state index >= 15 is 0 Å². The average molecular weight is 332 g/mol. The molecule has 0 aliphatic rings. The predicted octanol–water partition coefficient (Wildman–Crippen LogP) is 2.80. The standard InChI is InChI=1S/C20H20N4O/c1-24(2)19-6-5-15-11-17(4-3-16(15)12-19)20(18(13-21)14-22)7-8-23-9-10-25/h3-8,11-12,23,25H,9-10H2,1-2H3. The average Bonchev–Trinajstić information content (AvgIpc) is 2.63. The van der Waals surface area contributed by atoms with Crippen molar-refractivity contribution in [3.05, 3.63) is 59.8 Å². The largest absolute Gasteiger partial charge is 0.395 e. The summed E-state index contributed by atoms with van der Waals surface area (Å²) in [6.07, 6.45) is 3.33. The fraction of sp³-hybridized carbons (Fsp3) is 0.200. The van der Waals surface area contributed by atoms with Crippen molar-refractivity contribution in [2.45, 2.75) is 0 Å². The zero-order chi connectivity index (χ0) is 18.2. The smallest absolute Gasteiger partial charge is 0.137 e. The summed E-state index contributed by atoms with van der Waals surface area (Å²) in [5.41, 5.74) is 2.50. The van der Waals surface area contributed by atoms with Crippen LogP contribution < -0.4 is 10.2 Å². The molecular weight excluding hydrogens is 312 g/mol. The number of nitrogens with zero attached hydrogens (tertiary/aromatic N) is 3. The molecule has 0 unspecified atom stereocenters. The van der Waals surface area contributed by atoms with Crippen molar-refractivity contribution in [3.63, 3.8) is 0 Å². The molecule has 2 rings (SSSR count). The lowest BCUT2D eigenvalue weighted by molar-refractivity contribution is 0.298. The molecule has 0 saturated heterocycles. The van der Waals surface area contributed by atoms with Crippen LogP contribution >= 0.6 is 0 Å². The fourth-order valence-electron chi connectivity index (χ4n) is 2.44. The lowest BCUT2D eigenvalue weighted by Gasteiger charge is -2.13. The molecule has 0 radical (unpaired) electrons. The number of fused-ring (bicyclic) bond motifs is 1. The molecule has 126 valence electrons. The summed E-state index contributed by atoms with van der Waals surface area (Å²) in [5, 5.41) is 32.3. The van der Waals surface area contributed by atoms with E-state index in [9.17, 15) is 10.5 Å². The number of anilines is 1. The number of hydrogen-bond donors (Lipinski definition) is 2. The third-order valence-electron chi connectivity index (χ3n) is 3.77. The van der Waals surface area contributed by atoms with Gasteiger partial charge in [0.2, 0.25) is 0 Å². The van der Waals surface area contributed by atoms with Crippen molar-refractivity contribution in [3.8, 4) is 12.1 Å². The molecule has 2 N–H and O–H groups in total. The van der Waals surface area contributed by atoms with E-state index in [2.05, 4.69) is 11.4 Å². The molecule has 25 heavy (non-hydrogen) atoms. The Morgan fingerprint density at radius 1 is 1.12 bits per heavy atom. The van der Waals surface area contributed by atoms with Gasteiger partial charge in [-0.2, -0.15) is 10.5 Å². The van der Waals surface area contributed by atoms with E-state index in [-0.39, 0.29) is 12.2 Å². The van der Waals surface area contributed by atoms with Gasteiger partial charge in [-0.3, -0.25) is 0 Å². The molecule has 2 aromatic carbocycles. The van der Waals surface area contributed by atoms with E-state index < -0.39 is 0 Å². The number of aliphatic hydroxyl groups is 1. The summed E-state index contributed by atoms with van der Waals surface area (Å²) in [5.74, 6) is 0. The van der Waals surface area contributed by atoms with Gasteiger partial charge in [0.1, 0.15) is 17.7 Å². The maximum atomic E-state index is 9.24. The number of nitriles is 2. The first kappa shape index (κ1) is 18.1. The highest BCUT2D eigenvalue weighted by Crippen LogP contribution is 2.27. The van der Waals surface area contributed by atoms with E-state index in [0.717, 1.165) is 22.0 Å². The second kappa shape index (κ2) is 8.54. The summed E-state index contributed by atoms with van der Waals surface area (Å²) < 4.78 is 0. The first-order chi connectivity index (χ1) is 12.1. The van der Waals surface area contributed by atoms with Gasteiger partial charge in [-0.05, 0) is 46.8 Å². The Bertz CT molecular complexity index is 882. The maximum Gasteiger partial charge on any atom is 0.137 e. The molecular formula is C20H20N4O. The minimum atomic E-state index is 0.0108. The molecule has 0 bridgehead atoms. The van der Waals surface area contributed by atoms with E-state index in [1.54, 1.807) is 12.3 Å². The Hall–Kier alpha value is -3.28. The van der Waals surface area contributed by atoms with Gasteiger partial charge in [0.05, 0.1) is 6.61 Å². The zero-order valence-corrected chi connectivity index (χ0v) is 14.3. The van der Waals surface area contributed by atoms with E-state index in [0.29, 0.717) is 12.1 Å².